The Hall–Kier alpha value is -3.98. The number of halogens is 1. The van der Waals surface area contributed by atoms with E-state index < -0.39 is 11.6 Å². The molecular weight excluding hydrogens is 604 g/mol. The second-order valence-electron chi connectivity index (χ2n) is 13.4. The van der Waals surface area contributed by atoms with Crippen LogP contribution in [-0.2, 0) is 16.0 Å². The number of fused-ring (bicyclic) bond motifs is 1. The van der Waals surface area contributed by atoms with Crippen LogP contribution < -0.4 is 25.0 Å². The predicted octanol–water partition coefficient (Wildman–Crippen LogP) is 7.70. The number of hydrogen-bond donors (Lipinski definition) is 2. The minimum atomic E-state index is -0.503. The van der Waals surface area contributed by atoms with Gasteiger partial charge in [-0.05, 0) is 119 Å². The molecule has 2 N–H and O–H groups in total. The largest absolute Gasteiger partial charge is 0.493 e. The van der Waals surface area contributed by atoms with Crippen molar-refractivity contribution in [3.05, 3.63) is 76.4 Å². The van der Waals surface area contributed by atoms with Gasteiger partial charge in [-0.2, -0.15) is 0 Å². The Morgan fingerprint density at radius 1 is 1.04 bits per heavy atom. The molecule has 2 amide bonds. The minimum absolute atomic E-state index is 0.0482. The smallest absolute Gasteiger partial charge is 0.407 e. The number of methoxy groups -OCH3 is 1. The van der Waals surface area contributed by atoms with Crippen LogP contribution in [0.5, 0.6) is 11.5 Å². The molecule has 0 saturated heterocycles. The van der Waals surface area contributed by atoms with E-state index in [4.69, 9.17) is 30.8 Å². The maximum atomic E-state index is 13.8. The first-order valence-electron chi connectivity index (χ1n) is 16.0. The van der Waals surface area contributed by atoms with E-state index in [0.717, 1.165) is 54.6 Å². The third kappa shape index (κ3) is 8.23. The lowest BCUT2D eigenvalue weighted by atomic mass is 9.86. The van der Waals surface area contributed by atoms with Crippen LogP contribution in [0.15, 0.2) is 54.7 Å². The Bertz CT molecular complexity index is 1510. The molecule has 246 valence electrons. The highest BCUT2D eigenvalue weighted by atomic mass is 35.5. The quantitative estimate of drug-likeness (QED) is 0.245. The van der Waals surface area contributed by atoms with Crippen LogP contribution in [0.25, 0.3) is 0 Å². The van der Waals surface area contributed by atoms with E-state index in [1.807, 2.05) is 83.1 Å². The summed E-state index contributed by atoms with van der Waals surface area (Å²) >= 11 is 6.25. The number of anilines is 2. The molecule has 2 heterocycles. The van der Waals surface area contributed by atoms with Crippen molar-refractivity contribution < 1.29 is 23.8 Å². The number of carbonyl (C=O) groups excluding carboxylic acids is 2. The zero-order valence-electron chi connectivity index (χ0n) is 27.6. The fraction of sp³-hybridized carbons (Fsp3) is 0.472. The highest BCUT2D eigenvalue weighted by Crippen LogP contribution is 2.43. The predicted molar refractivity (Wildman–Crippen MR) is 181 cm³/mol. The SMILES string of the molecule is COc1cc2c(cc1OC(C)C)[C@H](c1ccc(Cl)cc1)N(c1ccc(NC[C@H]3CC[C@H](NC(=O)OC(C)(C)C)CC3)cn1)C(=O)C2. The van der Waals surface area contributed by atoms with E-state index in [-0.39, 0.29) is 30.6 Å². The molecule has 0 radical (unpaired) electrons. The number of nitrogens with one attached hydrogen (secondary N) is 2. The van der Waals surface area contributed by atoms with Crippen molar-refractivity contribution >= 4 is 35.1 Å². The van der Waals surface area contributed by atoms with Gasteiger partial charge in [0.2, 0.25) is 5.91 Å². The number of benzene rings is 2. The molecular formula is C36H45ClN4O5. The van der Waals surface area contributed by atoms with Gasteiger partial charge >= 0.3 is 6.09 Å². The van der Waals surface area contributed by atoms with E-state index in [9.17, 15) is 9.59 Å². The second kappa shape index (κ2) is 14.2. The Morgan fingerprint density at radius 2 is 1.76 bits per heavy atom. The Kier molecular flexibility index (Phi) is 10.3. The number of aromatic nitrogens is 1. The average molecular weight is 649 g/mol. The van der Waals surface area contributed by atoms with Crippen molar-refractivity contribution in [1.29, 1.82) is 0 Å². The molecule has 1 fully saturated rings. The molecule has 46 heavy (non-hydrogen) atoms. The molecule has 1 saturated carbocycles. The molecule has 10 heteroatoms. The molecule has 0 spiro atoms. The molecule has 3 aromatic rings. The lowest BCUT2D eigenvalue weighted by molar-refractivity contribution is -0.118. The molecule has 0 unspecified atom stereocenters. The van der Waals surface area contributed by atoms with Gasteiger partial charge < -0.3 is 24.8 Å². The molecule has 1 aliphatic carbocycles. The van der Waals surface area contributed by atoms with Gasteiger partial charge in [-0.3, -0.25) is 9.69 Å². The number of pyridine rings is 1. The van der Waals surface area contributed by atoms with Crippen LogP contribution in [0.1, 0.15) is 83.0 Å². The highest BCUT2D eigenvalue weighted by Gasteiger charge is 2.37. The number of amides is 2. The molecule has 5 rings (SSSR count). The zero-order chi connectivity index (χ0) is 33.0. The molecule has 1 atom stereocenters. The van der Waals surface area contributed by atoms with E-state index >= 15 is 0 Å². The van der Waals surface area contributed by atoms with Crippen molar-refractivity contribution in [2.45, 2.75) is 90.5 Å². The van der Waals surface area contributed by atoms with Gasteiger partial charge in [0.25, 0.3) is 0 Å². The van der Waals surface area contributed by atoms with Crippen LogP contribution in [0.2, 0.25) is 5.02 Å². The second-order valence-corrected chi connectivity index (χ2v) is 13.8. The number of ether oxygens (including phenoxy) is 3. The number of nitrogens with zero attached hydrogens (tertiary/aromatic N) is 2. The van der Waals surface area contributed by atoms with Crippen molar-refractivity contribution in [2.75, 3.05) is 23.9 Å². The summed E-state index contributed by atoms with van der Waals surface area (Å²) in [5, 5.41) is 7.15. The Labute approximate surface area is 277 Å². The lowest BCUT2D eigenvalue weighted by Gasteiger charge is -2.37. The van der Waals surface area contributed by atoms with E-state index in [0.29, 0.717) is 28.3 Å². The fourth-order valence-electron chi connectivity index (χ4n) is 6.18. The first-order chi connectivity index (χ1) is 21.9. The van der Waals surface area contributed by atoms with Gasteiger partial charge in [0, 0.05) is 17.6 Å². The number of carbonyl (C=O) groups is 2. The molecule has 1 aromatic heterocycles. The summed E-state index contributed by atoms with van der Waals surface area (Å²) in [5.41, 5.74) is 3.16. The van der Waals surface area contributed by atoms with Crippen LogP contribution in [0.3, 0.4) is 0 Å². The van der Waals surface area contributed by atoms with Crippen LogP contribution in [-0.4, -0.2) is 48.4 Å². The van der Waals surface area contributed by atoms with Crippen LogP contribution in [0.4, 0.5) is 16.3 Å². The summed E-state index contributed by atoms with van der Waals surface area (Å²) in [6.45, 7) is 10.4. The van der Waals surface area contributed by atoms with E-state index in [1.165, 1.54) is 0 Å². The minimum Gasteiger partial charge on any atom is -0.493 e. The molecule has 9 nitrogen and oxygen atoms in total. The lowest BCUT2D eigenvalue weighted by Crippen LogP contribution is -2.41. The van der Waals surface area contributed by atoms with Gasteiger partial charge in [0.1, 0.15) is 11.4 Å². The van der Waals surface area contributed by atoms with Crippen LogP contribution in [0, 0.1) is 5.92 Å². The van der Waals surface area contributed by atoms with Crippen molar-refractivity contribution in [3.63, 3.8) is 0 Å². The monoisotopic (exact) mass is 648 g/mol. The highest BCUT2D eigenvalue weighted by molar-refractivity contribution is 6.30. The van der Waals surface area contributed by atoms with Crippen molar-refractivity contribution in [2.24, 2.45) is 5.92 Å². The molecule has 2 aromatic carbocycles. The molecule has 2 aliphatic rings. The molecule has 0 bridgehead atoms. The van der Waals surface area contributed by atoms with Gasteiger partial charge in [-0.1, -0.05) is 23.7 Å². The summed E-state index contributed by atoms with van der Waals surface area (Å²) in [6, 6.07) is 15.0. The number of rotatable bonds is 9. The first-order valence-corrected chi connectivity index (χ1v) is 16.4. The van der Waals surface area contributed by atoms with Gasteiger partial charge in [0.15, 0.2) is 11.5 Å². The standard InChI is InChI=1S/C36H45ClN4O5/c1-22(2)45-31-19-29-25(17-30(31)44-6)18-33(42)41(34(29)24-9-11-26(37)12-10-24)32-16-15-28(21-39-32)38-20-23-7-13-27(14-8-23)40-35(43)46-36(3,4)5/h9-12,15-17,19,21-23,27,34,38H,7-8,13-14,18,20H2,1-6H3,(H,40,43)/t23-,27-,34-/m0/s1. The maximum absolute atomic E-state index is 13.8. The van der Waals surface area contributed by atoms with E-state index in [2.05, 4.69) is 10.6 Å². The summed E-state index contributed by atoms with van der Waals surface area (Å²) in [6.07, 6.45) is 5.46. The van der Waals surface area contributed by atoms with E-state index in [1.54, 1.807) is 18.2 Å². The average Bonchev–Trinajstić information content (AvgIpc) is 2.99. The molecule has 1 aliphatic heterocycles. The Morgan fingerprint density at radius 3 is 2.37 bits per heavy atom. The van der Waals surface area contributed by atoms with Crippen molar-refractivity contribution in [1.82, 2.24) is 10.3 Å². The summed E-state index contributed by atoms with van der Waals surface area (Å²) in [5.74, 6) is 2.23. The normalized spacial score (nSPS) is 19.8. The summed E-state index contributed by atoms with van der Waals surface area (Å²) in [4.78, 5) is 32.5. The third-order valence-electron chi connectivity index (χ3n) is 8.29. The third-order valence-corrected chi connectivity index (χ3v) is 8.55. The number of alkyl carbamates (subject to hydrolysis) is 1. The topological polar surface area (TPSA) is 102 Å². The zero-order valence-corrected chi connectivity index (χ0v) is 28.3. The number of hydrogen-bond acceptors (Lipinski definition) is 7. The van der Waals surface area contributed by atoms with Gasteiger partial charge in [-0.15, -0.1) is 0 Å². The van der Waals surface area contributed by atoms with Crippen LogP contribution >= 0.6 is 11.6 Å². The first kappa shape index (κ1) is 33.4. The van der Waals surface area contributed by atoms with Crippen molar-refractivity contribution in [3.8, 4) is 11.5 Å². The van der Waals surface area contributed by atoms with Gasteiger partial charge in [0.05, 0.1) is 37.6 Å². The summed E-state index contributed by atoms with van der Waals surface area (Å²) < 4.78 is 17.1. The Balaban J connectivity index is 1.30. The fourth-order valence-corrected chi connectivity index (χ4v) is 6.30. The maximum Gasteiger partial charge on any atom is 0.407 e. The summed E-state index contributed by atoms with van der Waals surface area (Å²) in [7, 11) is 1.61. The van der Waals surface area contributed by atoms with Gasteiger partial charge in [-0.25, -0.2) is 9.78 Å².